The Kier molecular flexibility index (Phi) is 3.39. The van der Waals surface area contributed by atoms with Crippen molar-refractivity contribution in [1.29, 1.82) is 5.26 Å². The van der Waals surface area contributed by atoms with E-state index in [9.17, 15) is 0 Å². The van der Waals surface area contributed by atoms with Gasteiger partial charge < -0.3 is 11.1 Å². The SMILES string of the molecule is CC(Nc1ccc(N)c(C#N)n1)c1ccncc1. The number of pyridine rings is 2. The Morgan fingerprint density at radius 1 is 1.28 bits per heavy atom. The molecule has 18 heavy (non-hydrogen) atoms. The van der Waals surface area contributed by atoms with E-state index in [-0.39, 0.29) is 11.7 Å². The van der Waals surface area contributed by atoms with E-state index in [1.807, 2.05) is 25.1 Å². The first-order valence-electron chi connectivity index (χ1n) is 5.54. The summed E-state index contributed by atoms with van der Waals surface area (Å²) in [5.74, 6) is 0.630. The van der Waals surface area contributed by atoms with Crippen molar-refractivity contribution in [3.05, 3.63) is 47.9 Å². The van der Waals surface area contributed by atoms with Crippen LogP contribution in [0.2, 0.25) is 0 Å². The van der Waals surface area contributed by atoms with Gasteiger partial charge in [0.15, 0.2) is 5.69 Å². The smallest absolute Gasteiger partial charge is 0.165 e. The van der Waals surface area contributed by atoms with Gasteiger partial charge in [-0.3, -0.25) is 4.98 Å². The highest BCUT2D eigenvalue weighted by Gasteiger charge is 2.07. The zero-order valence-electron chi connectivity index (χ0n) is 9.96. The van der Waals surface area contributed by atoms with Gasteiger partial charge in [-0.25, -0.2) is 4.98 Å². The number of nitrogens with one attached hydrogen (secondary N) is 1. The molecule has 2 rings (SSSR count). The van der Waals surface area contributed by atoms with Crippen LogP contribution in [-0.2, 0) is 0 Å². The fraction of sp³-hybridized carbons (Fsp3) is 0.154. The highest BCUT2D eigenvalue weighted by Crippen LogP contribution is 2.19. The Balaban J connectivity index is 2.18. The van der Waals surface area contributed by atoms with Crippen LogP contribution in [0.25, 0.3) is 0 Å². The van der Waals surface area contributed by atoms with Gasteiger partial charge in [-0.2, -0.15) is 5.26 Å². The molecule has 0 spiro atoms. The van der Waals surface area contributed by atoms with Gasteiger partial charge in [-0.05, 0) is 36.8 Å². The van der Waals surface area contributed by atoms with E-state index in [2.05, 4.69) is 15.3 Å². The van der Waals surface area contributed by atoms with Crippen molar-refractivity contribution in [2.24, 2.45) is 0 Å². The number of hydrogen-bond acceptors (Lipinski definition) is 5. The molecule has 90 valence electrons. The molecular weight excluding hydrogens is 226 g/mol. The summed E-state index contributed by atoms with van der Waals surface area (Å²) >= 11 is 0. The topological polar surface area (TPSA) is 87.6 Å². The second-order valence-electron chi connectivity index (χ2n) is 3.89. The first-order chi connectivity index (χ1) is 8.70. The standard InChI is InChI=1S/C13H13N5/c1-9(10-4-6-16-7-5-10)17-13-3-2-11(15)12(8-14)18-13/h2-7,9H,15H2,1H3,(H,17,18). The quantitative estimate of drug-likeness (QED) is 0.856. The summed E-state index contributed by atoms with van der Waals surface area (Å²) in [4.78, 5) is 8.11. The highest BCUT2D eigenvalue weighted by molar-refractivity contribution is 5.55. The first kappa shape index (κ1) is 11.9. The zero-order chi connectivity index (χ0) is 13.0. The summed E-state index contributed by atoms with van der Waals surface area (Å²) < 4.78 is 0. The van der Waals surface area contributed by atoms with E-state index in [1.54, 1.807) is 24.5 Å². The van der Waals surface area contributed by atoms with Gasteiger partial charge >= 0.3 is 0 Å². The second kappa shape index (κ2) is 5.15. The molecule has 2 aromatic heterocycles. The average Bonchev–Trinajstić information content (AvgIpc) is 2.42. The number of anilines is 2. The van der Waals surface area contributed by atoms with Gasteiger partial charge in [0, 0.05) is 12.4 Å². The van der Waals surface area contributed by atoms with Crippen molar-refractivity contribution in [2.75, 3.05) is 11.1 Å². The van der Waals surface area contributed by atoms with Crippen LogP contribution >= 0.6 is 0 Å². The van der Waals surface area contributed by atoms with Crippen molar-refractivity contribution >= 4 is 11.5 Å². The van der Waals surface area contributed by atoms with Crippen LogP contribution in [0.5, 0.6) is 0 Å². The molecule has 1 atom stereocenters. The zero-order valence-corrected chi connectivity index (χ0v) is 9.96. The molecule has 0 aliphatic heterocycles. The van der Waals surface area contributed by atoms with Crippen molar-refractivity contribution in [2.45, 2.75) is 13.0 Å². The fourth-order valence-corrected chi connectivity index (χ4v) is 1.60. The van der Waals surface area contributed by atoms with Crippen molar-refractivity contribution in [1.82, 2.24) is 9.97 Å². The second-order valence-corrected chi connectivity index (χ2v) is 3.89. The first-order valence-corrected chi connectivity index (χ1v) is 5.54. The van der Waals surface area contributed by atoms with Crippen LogP contribution in [0.1, 0.15) is 24.2 Å². The molecule has 0 radical (unpaired) electrons. The number of nitriles is 1. The molecule has 0 bridgehead atoms. The molecule has 2 aromatic rings. The lowest BCUT2D eigenvalue weighted by atomic mass is 10.1. The molecular formula is C13H13N5. The van der Waals surface area contributed by atoms with Gasteiger partial charge in [-0.15, -0.1) is 0 Å². The van der Waals surface area contributed by atoms with Gasteiger partial charge in [0.1, 0.15) is 11.9 Å². The van der Waals surface area contributed by atoms with E-state index in [0.717, 1.165) is 5.56 Å². The molecule has 0 saturated carbocycles. The van der Waals surface area contributed by atoms with Crippen LogP contribution in [0.3, 0.4) is 0 Å². The number of nitrogens with zero attached hydrogens (tertiary/aromatic N) is 3. The van der Waals surface area contributed by atoms with Crippen molar-refractivity contribution in [3.63, 3.8) is 0 Å². The van der Waals surface area contributed by atoms with E-state index in [0.29, 0.717) is 11.5 Å². The summed E-state index contributed by atoms with van der Waals surface area (Å²) in [6, 6.07) is 9.33. The lowest BCUT2D eigenvalue weighted by Crippen LogP contribution is -2.09. The third-order valence-electron chi connectivity index (χ3n) is 2.60. The molecule has 3 N–H and O–H groups in total. The Labute approximate surface area is 105 Å². The Morgan fingerprint density at radius 3 is 2.67 bits per heavy atom. The number of nitrogens with two attached hydrogens (primary N) is 1. The van der Waals surface area contributed by atoms with E-state index < -0.39 is 0 Å². The molecule has 1 unspecified atom stereocenters. The van der Waals surface area contributed by atoms with Gasteiger partial charge in [0.05, 0.1) is 11.7 Å². The molecule has 0 fully saturated rings. The number of rotatable bonds is 3. The summed E-state index contributed by atoms with van der Waals surface area (Å²) in [5.41, 5.74) is 7.35. The van der Waals surface area contributed by atoms with Crippen molar-refractivity contribution < 1.29 is 0 Å². The minimum atomic E-state index is 0.0793. The van der Waals surface area contributed by atoms with Crippen LogP contribution < -0.4 is 11.1 Å². The van der Waals surface area contributed by atoms with Crippen LogP contribution in [-0.4, -0.2) is 9.97 Å². The molecule has 5 nitrogen and oxygen atoms in total. The largest absolute Gasteiger partial charge is 0.396 e. The Hall–Kier alpha value is -2.61. The normalized spacial score (nSPS) is 11.6. The predicted molar refractivity (Wildman–Crippen MR) is 69.6 cm³/mol. The maximum absolute atomic E-state index is 8.87. The van der Waals surface area contributed by atoms with E-state index in [4.69, 9.17) is 11.0 Å². The monoisotopic (exact) mass is 239 g/mol. The van der Waals surface area contributed by atoms with Crippen LogP contribution in [0, 0.1) is 11.3 Å². The minimum absolute atomic E-state index is 0.0793. The van der Waals surface area contributed by atoms with Crippen LogP contribution in [0.15, 0.2) is 36.7 Å². The third-order valence-corrected chi connectivity index (χ3v) is 2.60. The summed E-state index contributed by atoms with van der Waals surface area (Å²) in [7, 11) is 0. The summed E-state index contributed by atoms with van der Waals surface area (Å²) in [5, 5.41) is 12.1. The average molecular weight is 239 g/mol. The van der Waals surface area contributed by atoms with Crippen molar-refractivity contribution in [3.8, 4) is 6.07 Å². The molecule has 5 heteroatoms. The predicted octanol–water partition coefficient (Wildman–Crippen LogP) is 2.10. The molecule has 0 saturated heterocycles. The third kappa shape index (κ3) is 2.55. The molecule has 0 aliphatic carbocycles. The minimum Gasteiger partial charge on any atom is -0.396 e. The molecule has 0 aromatic carbocycles. The molecule has 2 heterocycles. The van der Waals surface area contributed by atoms with Gasteiger partial charge in [0.2, 0.25) is 0 Å². The highest BCUT2D eigenvalue weighted by atomic mass is 15.0. The van der Waals surface area contributed by atoms with Gasteiger partial charge in [0.25, 0.3) is 0 Å². The van der Waals surface area contributed by atoms with E-state index in [1.165, 1.54) is 0 Å². The molecule has 0 aliphatic rings. The maximum atomic E-state index is 8.87. The summed E-state index contributed by atoms with van der Waals surface area (Å²) in [6.07, 6.45) is 3.48. The van der Waals surface area contributed by atoms with E-state index >= 15 is 0 Å². The summed E-state index contributed by atoms with van der Waals surface area (Å²) in [6.45, 7) is 2.01. The Bertz CT molecular complexity index is 574. The van der Waals surface area contributed by atoms with Crippen LogP contribution in [0.4, 0.5) is 11.5 Å². The lowest BCUT2D eigenvalue weighted by Gasteiger charge is -2.14. The Morgan fingerprint density at radius 2 is 2.00 bits per heavy atom. The number of hydrogen-bond donors (Lipinski definition) is 2. The number of aromatic nitrogens is 2. The fourth-order valence-electron chi connectivity index (χ4n) is 1.60. The molecule has 0 amide bonds. The lowest BCUT2D eigenvalue weighted by molar-refractivity contribution is 0.870. The number of nitrogen functional groups attached to an aromatic ring is 1. The van der Waals surface area contributed by atoms with Gasteiger partial charge in [-0.1, -0.05) is 0 Å². The maximum Gasteiger partial charge on any atom is 0.165 e.